The molecule has 3 nitrogen and oxygen atoms in total. The van der Waals surface area contributed by atoms with E-state index in [1.165, 1.54) is 14.0 Å². The Kier molecular flexibility index (Phi) is 2.58. The Morgan fingerprint density at radius 1 is 1.89 bits per heavy atom. The Balaban J connectivity index is 4.09. The van der Waals surface area contributed by atoms with Crippen LogP contribution >= 0.6 is 0 Å². The predicted molar refractivity (Wildman–Crippen MR) is 31.1 cm³/mol. The van der Waals surface area contributed by atoms with Gasteiger partial charge in [0.05, 0.1) is 0 Å². The number of carbonyl (C=O) groups is 1. The van der Waals surface area contributed by atoms with E-state index in [0.717, 1.165) is 0 Å². The highest BCUT2D eigenvalue weighted by molar-refractivity contribution is 5.78. The summed E-state index contributed by atoms with van der Waals surface area (Å²) >= 11 is 0. The van der Waals surface area contributed by atoms with E-state index in [-0.39, 0.29) is 0 Å². The first-order chi connectivity index (χ1) is 4.06. The summed E-state index contributed by atoms with van der Waals surface area (Å²) in [5.41, 5.74) is -1.42. The molecule has 0 saturated carbocycles. The third-order valence-corrected chi connectivity index (χ3v) is 1.29. The molecule has 0 amide bonds. The van der Waals surface area contributed by atoms with E-state index < -0.39 is 18.2 Å². The highest BCUT2D eigenvalue weighted by atomic mass is 18.2. The summed E-state index contributed by atoms with van der Waals surface area (Å²) in [5, 5.41) is 10.7. The van der Waals surface area contributed by atoms with Gasteiger partial charge in [0.15, 0.2) is 0 Å². The summed E-state index contributed by atoms with van der Waals surface area (Å²) in [7, 11) is 1.41. The maximum absolute atomic E-state index is 11.8. The second-order valence-electron chi connectivity index (χ2n) is 2.02. The molecule has 54 valence electrons. The van der Waals surface area contributed by atoms with E-state index in [0.29, 0.717) is 0 Å². The Morgan fingerprint density at radius 3 is 2.33 bits per heavy atom. The van der Waals surface area contributed by atoms with Crippen LogP contribution < -0.4 is 5.32 Å². The molecular formula is C5H10FNO2. The molecule has 0 rings (SSSR count). The maximum atomic E-state index is 11.8. The molecule has 0 aliphatic carbocycles. The summed E-state index contributed by atoms with van der Waals surface area (Å²) in [6.07, 6.45) is 0. The lowest BCUT2D eigenvalue weighted by Crippen LogP contribution is -2.49. The van der Waals surface area contributed by atoms with Crippen LogP contribution in [0.1, 0.15) is 6.92 Å². The van der Waals surface area contributed by atoms with Crippen LogP contribution in [0.2, 0.25) is 0 Å². The van der Waals surface area contributed by atoms with E-state index in [2.05, 4.69) is 5.32 Å². The zero-order chi connectivity index (χ0) is 7.49. The monoisotopic (exact) mass is 134 g/mol. The standard InChI is InChI=1S/C5H10FNO2/c1-5(3-6,7-2)4(8)9/h7H,3H2,1-2H3,(H,8,9)/t5-/m1/s1/i6-1. The second kappa shape index (κ2) is 2.77. The van der Waals surface area contributed by atoms with Crippen molar-refractivity contribution in [2.75, 3.05) is 13.7 Å². The van der Waals surface area contributed by atoms with Crippen molar-refractivity contribution in [3.63, 3.8) is 0 Å². The summed E-state index contributed by atoms with van der Waals surface area (Å²) in [6, 6.07) is 0. The fraction of sp³-hybridized carbons (Fsp3) is 0.800. The highest BCUT2D eigenvalue weighted by Crippen LogP contribution is 2.02. The Bertz CT molecular complexity index is 112. The lowest BCUT2D eigenvalue weighted by atomic mass is 10.1. The predicted octanol–water partition coefficient (Wildman–Crippen LogP) is 0.0186. The number of alkyl halides is 1. The molecule has 0 aromatic carbocycles. The van der Waals surface area contributed by atoms with Gasteiger partial charge in [-0.2, -0.15) is 0 Å². The number of aliphatic carboxylic acids is 1. The summed E-state index contributed by atoms with van der Waals surface area (Å²) in [4.78, 5) is 10.2. The summed E-state index contributed by atoms with van der Waals surface area (Å²) in [5.74, 6) is -1.17. The number of likely N-dealkylation sites (N-methyl/N-ethyl adjacent to an activating group) is 1. The van der Waals surface area contributed by atoms with Gasteiger partial charge in [0.2, 0.25) is 0 Å². The molecule has 0 spiro atoms. The smallest absolute Gasteiger partial charge is 0.326 e. The lowest BCUT2D eigenvalue weighted by Gasteiger charge is -2.18. The Hall–Kier alpha value is -0.640. The zero-order valence-corrected chi connectivity index (χ0v) is 5.44. The number of nitrogens with one attached hydrogen (secondary N) is 1. The van der Waals surface area contributed by atoms with Gasteiger partial charge in [0.1, 0.15) is 12.2 Å². The molecule has 0 aromatic rings. The summed E-state index contributed by atoms with van der Waals surface area (Å²) < 4.78 is 11.8. The lowest BCUT2D eigenvalue weighted by molar-refractivity contribution is -0.144. The molecule has 9 heavy (non-hydrogen) atoms. The van der Waals surface area contributed by atoms with Crippen molar-refractivity contribution in [1.82, 2.24) is 5.32 Å². The van der Waals surface area contributed by atoms with Crippen LogP contribution in [0.15, 0.2) is 0 Å². The maximum Gasteiger partial charge on any atom is 0.326 e. The van der Waals surface area contributed by atoms with Crippen molar-refractivity contribution in [2.24, 2.45) is 0 Å². The largest absolute Gasteiger partial charge is 0.480 e. The minimum absolute atomic E-state index is 0.904. The third kappa shape index (κ3) is 1.64. The first-order valence-corrected chi connectivity index (χ1v) is 2.55. The van der Waals surface area contributed by atoms with Crippen molar-refractivity contribution in [1.29, 1.82) is 0 Å². The average Bonchev–Trinajstić information content (AvgIpc) is 1.86. The molecule has 1 atom stereocenters. The Labute approximate surface area is 52.9 Å². The molecule has 0 heterocycles. The van der Waals surface area contributed by atoms with Gasteiger partial charge in [-0.3, -0.25) is 4.79 Å². The number of hydrogen-bond donors (Lipinski definition) is 2. The van der Waals surface area contributed by atoms with Crippen LogP contribution in [-0.2, 0) is 4.79 Å². The van der Waals surface area contributed by atoms with Gasteiger partial charge < -0.3 is 10.4 Å². The first kappa shape index (κ1) is 8.36. The first-order valence-electron chi connectivity index (χ1n) is 2.55. The van der Waals surface area contributed by atoms with Crippen LogP contribution in [-0.4, -0.2) is 30.3 Å². The van der Waals surface area contributed by atoms with Gasteiger partial charge in [-0.25, -0.2) is 4.39 Å². The minimum Gasteiger partial charge on any atom is -0.480 e. The van der Waals surface area contributed by atoms with Crippen LogP contribution in [0.3, 0.4) is 0 Å². The van der Waals surface area contributed by atoms with Crippen molar-refractivity contribution in [3.8, 4) is 0 Å². The molecule has 0 bridgehead atoms. The molecule has 0 aliphatic heterocycles. The van der Waals surface area contributed by atoms with E-state index in [4.69, 9.17) is 5.11 Å². The normalized spacial score (nSPS) is 16.8. The van der Waals surface area contributed by atoms with Crippen molar-refractivity contribution < 1.29 is 14.3 Å². The fourth-order valence-corrected chi connectivity index (χ4v) is 0.231. The molecule has 4 heteroatoms. The quantitative estimate of drug-likeness (QED) is 0.572. The number of rotatable bonds is 3. The van der Waals surface area contributed by atoms with Crippen molar-refractivity contribution in [3.05, 3.63) is 0 Å². The molecule has 0 aromatic heterocycles. The molecule has 0 aliphatic rings. The number of hydrogen-bond acceptors (Lipinski definition) is 2. The van der Waals surface area contributed by atoms with Crippen LogP contribution in [0.5, 0.6) is 0 Å². The molecule has 0 unspecified atom stereocenters. The van der Waals surface area contributed by atoms with E-state index in [1.54, 1.807) is 0 Å². The third-order valence-electron chi connectivity index (χ3n) is 1.29. The Morgan fingerprint density at radius 2 is 2.33 bits per heavy atom. The van der Waals surface area contributed by atoms with Gasteiger partial charge in [0, 0.05) is 0 Å². The van der Waals surface area contributed by atoms with E-state index >= 15 is 0 Å². The van der Waals surface area contributed by atoms with Crippen LogP contribution in [0.4, 0.5) is 4.39 Å². The zero-order valence-electron chi connectivity index (χ0n) is 5.44. The molecular weight excluding hydrogens is 124 g/mol. The van der Waals surface area contributed by atoms with Crippen LogP contribution in [0.25, 0.3) is 0 Å². The van der Waals surface area contributed by atoms with Gasteiger partial charge in [-0.1, -0.05) is 0 Å². The molecule has 0 radical (unpaired) electrons. The van der Waals surface area contributed by atoms with Crippen molar-refractivity contribution >= 4 is 5.97 Å². The molecule has 2 N–H and O–H groups in total. The molecule has 0 saturated heterocycles. The van der Waals surface area contributed by atoms with E-state index in [1.807, 2.05) is 0 Å². The van der Waals surface area contributed by atoms with Crippen LogP contribution in [0, 0.1) is 0 Å². The van der Waals surface area contributed by atoms with Crippen molar-refractivity contribution in [2.45, 2.75) is 12.5 Å². The van der Waals surface area contributed by atoms with Gasteiger partial charge >= 0.3 is 5.97 Å². The average molecular weight is 134 g/mol. The number of halogens is 1. The van der Waals surface area contributed by atoms with E-state index in [9.17, 15) is 9.18 Å². The minimum atomic E-state index is -1.42. The highest BCUT2D eigenvalue weighted by Gasteiger charge is 2.30. The number of carboxylic acid groups (broad SMARTS) is 1. The number of carboxylic acids is 1. The topological polar surface area (TPSA) is 49.3 Å². The van der Waals surface area contributed by atoms with Gasteiger partial charge in [-0.05, 0) is 14.0 Å². The second-order valence-corrected chi connectivity index (χ2v) is 2.02. The summed E-state index contributed by atoms with van der Waals surface area (Å²) in [6.45, 7) is 0.383. The SMILES string of the molecule is CN[C@](C)(C[18F])C(=O)O. The molecule has 0 fully saturated rings. The van der Waals surface area contributed by atoms with Gasteiger partial charge in [-0.15, -0.1) is 0 Å². The fourth-order valence-electron chi connectivity index (χ4n) is 0.231. The van der Waals surface area contributed by atoms with Gasteiger partial charge in [0.25, 0.3) is 0 Å².